The lowest BCUT2D eigenvalue weighted by atomic mass is 9.87. The first kappa shape index (κ1) is 34.2. The van der Waals surface area contributed by atoms with Gasteiger partial charge in [-0.05, 0) is 61.3 Å². The summed E-state index contributed by atoms with van der Waals surface area (Å²) in [5.41, 5.74) is 1.46. The number of hydrogen-bond donors (Lipinski definition) is 0. The minimum Gasteiger partial charge on any atom is -0.103 e. The van der Waals surface area contributed by atoms with Crippen molar-refractivity contribution in [3.05, 3.63) is 60.7 Å². The lowest BCUT2D eigenvalue weighted by molar-refractivity contribution is 0.400. The maximum Gasteiger partial charge on any atom is -0.0176 e. The predicted molar refractivity (Wildman–Crippen MR) is 136 cm³/mol. The lowest BCUT2D eigenvalue weighted by Gasteiger charge is -2.19. The fourth-order valence-corrected chi connectivity index (χ4v) is 3.62. The Bertz CT molecular complexity index is 442. The topological polar surface area (TPSA) is 0 Å². The molecule has 0 spiro atoms. The van der Waals surface area contributed by atoms with Crippen LogP contribution < -0.4 is 0 Å². The molecule has 0 heterocycles. The average Bonchev–Trinajstić information content (AvgIpc) is 3.02. The van der Waals surface area contributed by atoms with Crippen LogP contribution in [0.1, 0.15) is 95.1 Å². The number of rotatable bonds is 7. The first-order valence-corrected chi connectivity index (χ1v) is 10.5. The minimum absolute atomic E-state index is 0. The summed E-state index contributed by atoms with van der Waals surface area (Å²) in [5.74, 6) is 3.10. The van der Waals surface area contributed by atoms with Gasteiger partial charge in [-0.15, -0.1) is 6.58 Å². The zero-order valence-corrected chi connectivity index (χ0v) is 17.7. The lowest BCUT2D eigenvalue weighted by Crippen LogP contribution is -2.10. The Morgan fingerprint density at radius 2 is 1.57 bits per heavy atom. The minimum atomic E-state index is 0. The molecule has 0 nitrogen and oxygen atoms in total. The van der Waals surface area contributed by atoms with Crippen molar-refractivity contribution < 1.29 is 0 Å². The van der Waals surface area contributed by atoms with E-state index in [1.165, 1.54) is 37.7 Å². The second-order valence-corrected chi connectivity index (χ2v) is 6.80. The van der Waals surface area contributed by atoms with E-state index in [1.54, 1.807) is 0 Å². The zero-order chi connectivity index (χ0) is 19.1. The summed E-state index contributed by atoms with van der Waals surface area (Å²) in [7, 11) is 0. The quantitative estimate of drug-likeness (QED) is 0.406. The molecule has 2 rings (SSSR count). The van der Waals surface area contributed by atoms with Gasteiger partial charge in [0.1, 0.15) is 0 Å². The summed E-state index contributed by atoms with van der Waals surface area (Å²) in [6, 6.07) is 10.8. The molecule has 0 unspecified atom stereocenters. The van der Waals surface area contributed by atoms with Crippen molar-refractivity contribution in [2.75, 3.05) is 0 Å². The van der Waals surface area contributed by atoms with E-state index in [9.17, 15) is 0 Å². The predicted octanol–water partition coefficient (Wildman–Crippen LogP) is 10.0. The Hall–Kier alpha value is -1.30. The van der Waals surface area contributed by atoms with Crippen LogP contribution in [0.25, 0.3) is 0 Å². The highest BCUT2D eigenvalue weighted by atomic mass is 14.3. The van der Waals surface area contributed by atoms with Gasteiger partial charge in [-0.3, -0.25) is 0 Å². The zero-order valence-electron chi connectivity index (χ0n) is 17.7. The van der Waals surface area contributed by atoms with Crippen LogP contribution in [0.2, 0.25) is 0 Å². The van der Waals surface area contributed by atoms with Gasteiger partial charge in [0.05, 0.1) is 0 Å². The van der Waals surface area contributed by atoms with Gasteiger partial charge in [-0.1, -0.05) is 112 Å². The Balaban J connectivity index is -0.000000386. The van der Waals surface area contributed by atoms with Gasteiger partial charge in [0.25, 0.3) is 0 Å². The molecule has 28 heavy (non-hydrogen) atoms. The molecule has 0 amide bonds. The SMILES string of the molecule is C.C.C.C=CC[C@H]1CC[C@@H](C)[C@@H]1/C=C/[C@@H](C)CCc1ccccc1.CC.CC. The molecule has 166 valence electrons. The molecule has 0 heteroatoms. The molecule has 1 aromatic rings. The number of hydrogen-bond acceptors (Lipinski definition) is 0. The van der Waals surface area contributed by atoms with E-state index in [-0.39, 0.29) is 22.3 Å². The van der Waals surface area contributed by atoms with Gasteiger partial charge < -0.3 is 0 Å². The molecule has 1 aliphatic rings. The highest BCUT2D eigenvalue weighted by Gasteiger charge is 2.30. The van der Waals surface area contributed by atoms with Crippen LogP contribution in [-0.2, 0) is 6.42 Å². The van der Waals surface area contributed by atoms with Crippen LogP contribution in [0, 0.1) is 23.7 Å². The highest BCUT2D eigenvalue weighted by molar-refractivity contribution is 5.15. The molecule has 0 saturated heterocycles. The van der Waals surface area contributed by atoms with Crippen LogP contribution in [0.5, 0.6) is 0 Å². The Morgan fingerprint density at radius 1 is 1.00 bits per heavy atom. The summed E-state index contributed by atoms with van der Waals surface area (Å²) >= 11 is 0. The van der Waals surface area contributed by atoms with E-state index >= 15 is 0 Å². The van der Waals surface area contributed by atoms with Gasteiger partial charge in [0.15, 0.2) is 0 Å². The maximum atomic E-state index is 3.92. The molecular weight excluding hydrogens is 336 g/mol. The third-order valence-corrected chi connectivity index (χ3v) is 5.06. The van der Waals surface area contributed by atoms with Crippen LogP contribution in [0.3, 0.4) is 0 Å². The van der Waals surface area contributed by atoms with Crippen LogP contribution in [0.15, 0.2) is 55.1 Å². The molecule has 1 saturated carbocycles. The van der Waals surface area contributed by atoms with Crippen molar-refractivity contribution in [2.24, 2.45) is 23.7 Å². The number of allylic oxidation sites excluding steroid dienone is 3. The number of aryl methyl sites for hydroxylation is 1. The molecule has 0 N–H and O–H groups in total. The monoisotopic (exact) mass is 390 g/mol. The van der Waals surface area contributed by atoms with Crippen molar-refractivity contribution >= 4 is 0 Å². The third kappa shape index (κ3) is 13.0. The fraction of sp³-hybridized carbons (Fsp3) is 0.643. The summed E-state index contributed by atoms with van der Waals surface area (Å²) in [4.78, 5) is 0. The van der Waals surface area contributed by atoms with Crippen molar-refractivity contribution in [1.82, 2.24) is 0 Å². The molecule has 0 aliphatic heterocycles. The Morgan fingerprint density at radius 3 is 2.11 bits per heavy atom. The van der Waals surface area contributed by atoms with Gasteiger partial charge in [-0.2, -0.15) is 0 Å². The van der Waals surface area contributed by atoms with Crippen molar-refractivity contribution in [2.45, 2.75) is 95.9 Å². The molecule has 4 atom stereocenters. The smallest absolute Gasteiger partial charge is 0.0176 e. The summed E-state index contributed by atoms with van der Waals surface area (Å²) in [6.45, 7) is 16.7. The summed E-state index contributed by atoms with van der Waals surface area (Å²) in [6.07, 6.45) is 13.4. The Kier molecular flexibility index (Phi) is 26.9. The van der Waals surface area contributed by atoms with Crippen LogP contribution in [0.4, 0.5) is 0 Å². The molecule has 1 fully saturated rings. The third-order valence-electron chi connectivity index (χ3n) is 5.06. The standard InChI is InChI=1S/C21H30.2C2H6.3CH4/c1-4-8-20-15-13-18(3)21(20)16-12-17(2)11-14-19-9-6-5-7-10-19;2*1-2;;;/h4-7,9-10,12,16-18,20-21H,1,8,11,13-15H2,2-3H3;2*1-2H3;3*1H4/b16-12+;;;;;/t17-,18+,20-,21-;;;;;/m0...../s1. The van der Waals surface area contributed by atoms with E-state index in [1.807, 2.05) is 27.7 Å². The van der Waals surface area contributed by atoms with E-state index in [2.05, 4.69) is 69.0 Å². The first-order valence-electron chi connectivity index (χ1n) is 10.5. The van der Waals surface area contributed by atoms with Gasteiger partial charge in [0, 0.05) is 0 Å². The molecule has 1 aliphatic carbocycles. The molecular formula is C28H54. The van der Waals surface area contributed by atoms with Gasteiger partial charge >= 0.3 is 0 Å². The van der Waals surface area contributed by atoms with Gasteiger partial charge in [0.2, 0.25) is 0 Å². The molecule has 0 radical (unpaired) electrons. The van der Waals surface area contributed by atoms with Crippen molar-refractivity contribution in [3.63, 3.8) is 0 Å². The van der Waals surface area contributed by atoms with E-state index in [4.69, 9.17) is 0 Å². The second kappa shape index (κ2) is 22.0. The largest absolute Gasteiger partial charge is 0.103 e. The molecule has 0 bridgehead atoms. The van der Waals surface area contributed by atoms with E-state index in [0.29, 0.717) is 5.92 Å². The van der Waals surface area contributed by atoms with E-state index < -0.39 is 0 Å². The van der Waals surface area contributed by atoms with Crippen LogP contribution in [-0.4, -0.2) is 0 Å². The van der Waals surface area contributed by atoms with Crippen LogP contribution >= 0.6 is 0 Å². The summed E-state index contributed by atoms with van der Waals surface area (Å²) in [5, 5.41) is 0. The van der Waals surface area contributed by atoms with E-state index in [0.717, 1.165) is 17.8 Å². The second-order valence-electron chi connectivity index (χ2n) is 6.80. The Labute approximate surface area is 180 Å². The summed E-state index contributed by atoms with van der Waals surface area (Å²) < 4.78 is 0. The highest BCUT2D eigenvalue weighted by Crippen LogP contribution is 2.40. The normalized spacial score (nSPS) is 20.7. The number of benzene rings is 1. The first-order chi connectivity index (χ1) is 12.2. The van der Waals surface area contributed by atoms with Crippen molar-refractivity contribution in [1.29, 1.82) is 0 Å². The fourth-order valence-electron chi connectivity index (χ4n) is 3.62. The molecule has 0 aromatic heterocycles. The van der Waals surface area contributed by atoms with Gasteiger partial charge in [-0.25, -0.2) is 0 Å². The van der Waals surface area contributed by atoms with Crippen molar-refractivity contribution in [3.8, 4) is 0 Å². The molecule has 1 aromatic carbocycles. The maximum absolute atomic E-state index is 3.92. The average molecular weight is 391 g/mol.